The number of hydrogen-bond donors (Lipinski definition) is 1. The van der Waals surface area contributed by atoms with Gasteiger partial charge in [0.05, 0.1) is 18.4 Å². The van der Waals surface area contributed by atoms with E-state index in [4.69, 9.17) is 9.84 Å². The van der Waals surface area contributed by atoms with Crippen LogP contribution in [0.3, 0.4) is 0 Å². The molecule has 1 N–H and O–H groups in total. The average Bonchev–Trinajstić information content (AvgIpc) is 2.12. The van der Waals surface area contributed by atoms with Gasteiger partial charge in [-0.05, 0) is 12.8 Å². The third-order valence-electron chi connectivity index (χ3n) is 2.08. The monoisotopic (exact) mass is 186 g/mol. The summed E-state index contributed by atoms with van der Waals surface area (Å²) in [4.78, 5) is 10.4. The molecule has 0 spiro atoms. The van der Waals surface area contributed by atoms with Gasteiger partial charge in [-0.2, -0.15) is 0 Å². The van der Waals surface area contributed by atoms with Crippen molar-refractivity contribution < 1.29 is 14.6 Å². The van der Waals surface area contributed by atoms with Gasteiger partial charge in [0.25, 0.3) is 0 Å². The van der Waals surface area contributed by atoms with Gasteiger partial charge >= 0.3 is 5.97 Å². The standard InChI is InChI=1S/C10H18O3/c1-4-9(5-2)7-13-6-8(3)10(11)12/h6,9H,4-5,7H2,1-3H3,(H,11,12). The Morgan fingerprint density at radius 1 is 1.46 bits per heavy atom. The van der Waals surface area contributed by atoms with Crippen LogP contribution in [-0.4, -0.2) is 17.7 Å². The normalized spacial score (nSPS) is 11.8. The van der Waals surface area contributed by atoms with Gasteiger partial charge in [0.2, 0.25) is 0 Å². The first-order valence-corrected chi connectivity index (χ1v) is 4.63. The molecule has 0 radical (unpaired) electrons. The number of carboxylic acid groups (broad SMARTS) is 1. The molecular formula is C10H18O3. The molecule has 0 saturated carbocycles. The minimum absolute atomic E-state index is 0.242. The van der Waals surface area contributed by atoms with E-state index in [0.29, 0.717) is 12.5 Å². The lowest BCUT2D eigenvalue weighted by molar-refractivity contribution is -0.132. The molecule has 0 fully saturated rings. The fourth-order valence-corrected chi connectivity index (χ4v) is 0.884. The van der Waals surface area contributed by atoms with Crippen LogP contribution in [0.15, 0.2) is 11.8 Å². The summed E-state index contributed by atoms with van der Waals surface area (Å²) >= 11 is 0. The fraction of sp³-hybridized carbons (Fsp3) is 0.700. The van der Waals surface area contributed by atoms with E-state index in [-0.39, 0.29) is 5.57 Å². The molecule has 0 unspecified atom stereocenters. The Bertz CT molecular complexity index is 181. The number of hydrogen-bond acceptors (Lipinski definition) is 2. The van der Waals surface area contributed by atoms with Gasteiger partial charge < -0.3 is 9.84 Å². The maximum absolute atomic E-state index is 10.4. The number of ether oxygens (including phenoxy) is 1. The minimum Gasteiger partial charge on any atom is -0.500 e. The maximum Gasteiger partial charge on any atom is 0.334 e. The zero-order valence-corrected chi connectivity index (χ0v) is 8.54. The van der Waals surface area contributed by atoms with Crippen molar-refractivity contribution in [2.24, 2.45) is 5.92 Å². The molecule has 0 amide bonds. The van der Waals surface area contributed by atoms with Crippen molar-refractivity contribution in [2.75, 3.05) is 6.61 Å². The van der Waals surface area contributed by atoms with E-state index in [9.17, 15) is 4.79 Å². The highest BCUT2D eigenvalue weighted by Crippen LogP contribution is 2.08. The lowest BCUT2D eigenvalue weighted by atomic mass is 10.1. The number of aliphatic carboxylic acids is 1. The Morgan fingerprint density at radius 2 is 2.00 bits per heavy atom. The predicted octanol–water partition coefficient (Wildman–Crippen LogP) is 2.43. The number of rotatable bonds is 6. The van der Waals surface area contributed by atoms with Crippen LogP contribution in [0.25, 0.3) is 0 Å². The summed E-state index contributed by atoms with van der Waals surface area (Å²) in [7, 11) is 0. The molecule has 0 aliphatic carbocycles. The molecule has 0 aromatic rings. The van der Waals surface area contributed by atoms with Crippen LogP contribution in [0, 0.1) is 5.92 Å². The molecule has 0 aliphatic heterocycles. The third kappa shape index (κ3) is 5.28. The van der Waals surface area contributed by atoms with Crippen molar-refractivity contribution in [3.8, 4) is 0 Å². The van der Waals surface area contributed by atoms with E-state index >= 15 is 0 Å². The van der Waals surface area contributed by atoms with Crippen molar-refractivity contribution in [1.82, 2.24) is 0 Å². The van der Waals surface area contributed by atoms with Crippen molar-refractivity contribution in [2.45, 2.75) is 33.6 Å². The topological polar surface area (TPSA) is 46.5 Å². The van der Waals surface area contributed by atoms with Crippen LogP contribution >= 0.6 is 0 Å². The summed E-state index contributed by atoms with van der Waals surface area (Å²) in [6.45, 7) is 6.34. The van der Waals surface area contributed by atoms with E-state index in [1.54, 1.807) is 0 Å². The largest absolute Gasteiger partial charge is 0.500 e. The summed E-state index contributed by atoms with van der Waals surface area (Å²) in [5.74, 6) is -0.401. The molecule has 3 nitrogen and oxygen atoms in total. The molecule has 76 valence electrons. The summed E-state index contributed by atoms with van der Waals surface area (Å²) in [5.41, 5.74) is 0.242. The van der Waals surface area contributed by atoms with Gasteiger partial charge in [-0.15, -0.1) is 0 Å². The second-order valence-electron chi connectivity index (χ2n) is 3.12. The summed E-state index contributed by atoms with van der Waals surface area (Å²) in [5, 5.41) is 8.51. The molecule has 0 saturated heterocycles. The highest BCUT2D eigenvalue weighted by atomic mass is 16.5. The van der Waals surface area contributed by atoms with Crippen molar-refractivity contribution in [3.63, 3.8) is 0 Å². The molecule has 0 bridgehead atoms. The first kappa shape index (κ1) is 12.0. The first-order chi connectivity index (χ1) is 6.11. The SMILES string of the molecule is CCC(CC)COC=C(C)C(=O)O. The molecule has 13 heavy (non-hydrogen) atoms. The van der Waals surface area contributed by atoms with Crippen LogP contribution in [0.1, 0.15) is 33.6 Å². The Balaban J connectivity index is 3.76. The van der Waals surface area contributed by atoms with Crippen LogP contribution in [0.4, 0.5) is 0 Å². The van der Waals surface area contributed by atoms with Gasteiger partial charge in [-0.25, -0.2) is 4.79 Å². The summed E-state index contributed by atoms with van der Waals surface area (Å²) in [6, 6.07) is 0. The van der Waals surface area contributed by atoms with Crippen LogP contribution in [0.2, 0.25) is 0 Å². The predicted molar refractivity (Wildman–Crippen MR) is 51.4 cm³/mol. The van der Waals surface area contributed by atoms with E-state index < -0.39 is 5.97 Å². The third-order valence-corrected chi connectivity index (χ3v) is 2.08. The minimum atomic E-state index is -0.926. The van der Waals surface area contributed by atoms with E-state index in [1.165, 1.54) is 13.2 Å². The van der Waals surface area contributed by atoms with Crippen molar-refractivity contribution >= 4 is 5.97 Å². The zero-order valence-electron chi connectivity index (χ0n) is 8.54. The van der Waals surface area contributed by atoms with Crippen LogP contribution < -0.4 is 0 Å². The van der Waals surface area contributed by atoms with Crippen LogP contribution in [0.5, 0.6) is 0 Å². The summed E-state index contributed by atoms with van der Waals surface area (Å²) in [6.07, 6.45) is 3.45. The molecule has 0 aromatic heterocycles. The van der Waals surface area contributed by atoms with Gasteiger partial charge in [0.15, 0.2) is 0 Å². The van der Waals surface area contributed by atoms with Gasteiger partial charge in [0, 0.05) is 0 Å². The average molecular weight is 186 g/mol. The fourth-order valence-electron chi connectivity index (χ4n) is 0.884. The quantitative estimate of drug-likeness (QED) is 0.512. The smallest absolute Gasteiger partial charge is 0.334 e. The van der Waals surface area contributed by atoms with Crippen LogP contribution in [-0.2, 0) is 9.53 Å². The summed E-state index contributed by atoms with van der Waals surface area (Å²) < 4.78 is 5.16. The highest BCUT2D eigenvalue weighted by Gasteiger charge is 2.03. The lowest BCUT2D eigenvalue weighted by Crippen LogP contribution is -2.06. The molecule has 0 heterocycles. The molecule has 0 atom stereocenters. The zero-order chi connectivity index (χ0) is 10.3. The Hall–Kier alpha value is -0.990. The Kier molecular flexibility index (Phi) is 6.02. The molecule has 0 aliphatic rings. The van der Waals surface area contributed by atoms with Crippen molar-refractivity contribution in [3.05, 3.63) is 11.8 Å². The second-order valence-corrected chi connectivity index (χ2v) is 3.12. The van der Waals surface area contributed by atoms with E-state index in [0.717, 1.165) is 12.8 Å². The molecule has 3 heteroatoms. The molecule has 0 aromatic carbocycles. The maximum atomic E-state index is 10.4. The second kappa shape index (κ2) is 6.52. The number of carboxylic acids is 1. The highest BCUT2D eigenvalue weighted by molar-refractivity contribution is 5.85. The van der Waals surface area contributed by atoms with Gasteiger partial charge in [0.1, 0.15) is 0 Å². The first-order valence-electron chi connectivity index (χ1n) is 4.63. The van der Waals surface area contributed by atoms with Crippen molar-refractivity contribution in [1.29, 1.82) is 0 Å². The van der Waals surface area contributed by atoms with Gasteiger partial charge in [-0.3, -0.25) is 0 Å². The van der Waals surface area contributed by atoms with E-state index in [1.807, 2.05) is 0 Å². The lowest BCUT2D eigenvalue weighted by Gasteiger charge is -2.10. The molecular weight excluding hydrogens is 168 g/mol. The van der Waals surface area contributed by atoms with E-state index in [2.05, 4.69) is 13.8 Å². The Morgan fingerprint density at radius 3 is 2.38 bits per heavy atom. The number of carbonyl (C=O) groups is 1. The van der Waals surface area contributed by atoms with Gasteiger partial charge in [-0.1, -0.05) is 26.7 Å². The molecule has 0 rings (SSSR count). The Labute approximate surface area is 79.4 Å².